The summed E-state index contributed by atoms with van der Waals surface area (Å²) >= 11 is 0. The van der Waals surface area contributed by atoms with Gasteiger partial charge in [-0.15, -0.1) is 0 Å². The maximum absolute atomic E-state index is 6.06. The first kappa shape index (κ1) is 10.1. The quantitative estimate of drug-likeness (QED) is 0.405. The zero-order chi connectivity index (χ0) is 13.1. The van der Waals surface area contributed by atoms with Crippen LogP contribution in [0.1, 0.15) is 0 Å². The summed E-state index contributed by atoms with van der Waals surface area (Å²) < 4.78 is 6.06. The van der Waals surface area contributed by atoms with Crippen LogP contribution in [-0.4, -0.2) is 4.98 Å². The highest BCUT2D eigenvalue weighted by Crippen LogP contribution is 2.36. The van der Waals surface area contributed by atoms with Crippen molar-refractivity contribution in [1.82, 2.24) is 4.98 Å². The number of H-pyrrole nitrogens is 1. The smallest absolute Gasteiger partial charge is 0.159 e. The normalized spacial score (nSPS) is 12.0. The first-order valence-corrected chi connectivity index (χ1v) is 6.72. The van der Waals surface area contributed by atoms with Crippen molar-refractivity contribution < 1.29 is 4.42 Å². The topological polar surface area (TPSA) is 28.9 Å². The third kappa shape index (κ3) is 1.14. The first-order chi connectivity index (χ1) is 9.92. The van der Waals surface area contributed by atoms with E-state index in [2.05, 4.69) is 41.4 Å². The number of hydrogen-bond donors (Lipinski definition) is 1. The molecule has 0 radical (unpaired) electrons. The molecule has 0 saturated carbocycles. The molecule has 0 aliphatic rings. The van der Waals surface area contributed by atoms with Crippen molar-refractivity contribution in [2.75, 3.05) is 0 Å². The molecule has 2 nitrogen and oxygen atoms in total. The molecular weight excluding hydrogens is 246 g/mol. The predicted molar refractivity (Wildman–Crippen MR) is 83.1 cm³/mol. The minimum Gasteiger partial charge on any atom is -0.454 e. The van der Waals surface area contributed by atoms with Gasteiger partial charge in [0, 0.05) is 27.1 Å². The van der Waals surface area contributed by atoms with Gasteiger partial charge in [-0.3, -0.25) is 0 Å². The molecule has 5 aromatic rings. The van der Waals surface area contributed by atoms with E-state index >= 15 is 0 Å². The van der Waals surface area contributed by atoms with Gasteiger partial charge in [0.25, 0.3) is 0 Å². The summed E-state index contributed by atoms with van der Waals surface area (Å²) in [4.78, 5) is 3.49. The second-order valence-corrected chi connectivity index (χ2v) is 5.13. The van der Waals surface area contributed by atoms with Crippen molar-refractivity contribution in [1.29, 1.82) is 0 Å². The average molecular weight is 257 g/mol. The molecule has 2 aromatic heterocycles. The Balaban J connectivity index is 2.10. The predicted octanol–water partition coefficient (Wildman–Crippen LogP) is 5.22. The monoisotopic (exact) mass is 257 g/mol. The number of aromatic nitrogens is 1. The molecule has 0 fully saturated rings. The van der Waals surface area contributed by atoms with Crippen molar-refractivity contribution in [2.45, 2.75) is 0 Å². The van der Waals surface area contributed by atoms with E-state index in [1.165, 1.54) is 21.5 Å². The Kier molecular flexibility index (Phi) is 1.73. The molecule has 0 saturated heterocycles. The van der Waals surface area contributed by atoms with Crippen LogP contribution in [0.5, 0.6) is 0 Å². The van der Waals surface area contributed by atoms with Crippen molar-refractivity contribution in [3.8, 4) is 0 Å². The minimum atomic E-state index is 0.939. The zero-order valence-electron chi connectivity index (χ0n) is 10.7. The summed E-state index contributed by atoms with van der Waals surface area (Å²) in [6.07, 6.45) is 0. The van der Waals surface area contributed by atoms with Crippen LogP contribution in [0.15, 0.2) is 65.1 Å². The molecule has 3 aromatic carbocycles. The molecule has 1 N–H and O–H groups in total. The number of nitrogens with one attached hydrogen (secondary N) is 1. The van der Waals surface area contributed by atoms with Crippen LogP contribution in [0.3, 0.4) is 0 Å². The number of aromatic amines is 1. The van der Waals surface area contributed by atoms with Crippen LogP contribution in [0, 0.1) is 0 Å². The molecule has 5 rings (SSSR count). The van der Waals surface area contributed by atoms with Gasteiger partial charge in [-0.05, 0) is 18.2 Å². The van der Waals surface area contributed by atoms with E-state index in [1.54, 1.807) is 0 Å². The second kappa shape index (κ2) is 3.42. The number of furan rings is 1. The molecular formula is C18H11NO. The van der Waals surface area contributed by atoms with E-state index in [9.17, 15) is 0 Å². The summed E-state index contributed by atoms with van der Waals surface area (Å²) in [5, 5.41) is 4.79. The van der Waals surface area contributed by atoms with Crippen LogP contribution >= 0.6 is 0 Å². The number of fused-ring (bicyclic) bond motifs is 7. The molecule has 0 unspecified atom stereocenters. The SMILES string of the molecule is c1ccc2c(c1)[nH]c1c2ccc2c3ccccc3oc21. The van der Waals surface area contributed by atoms with E-state index in [0.717, 1.165) is 22.2 Å². The Morgan fingerprint density at radius 3 is 2.35 bits per heavy atom. The second-order valence-electron chi connectivity index (χ2n) is 5.13. The summed E-state index contributed by atoms with van der Waals surface area (Å²) in [7, 11) is 0. The molecule has 2 heterocycles. The highest BCUT2D eigenvalue weighted by molar-refractivity contribution is 6.20. The third-order valence-corrected chi connectivity index (χ3v) is 4.02. The Morgan fingerprint density at radius 1 is 0.650 bits per heavy atom. The Labute approximate surface area is 114 Å². The lowest BCUT2D eigenvalue weighted by Crippen LogP contribution is -1.69. The maximum Gasteiger partial charge on any atom is 0.159 e. The average Bonchev–Trinajstić information content (AvgIpc) is 3.05. The van der Waals surface area contributed by atoms with Crippen molar-refractivity contribution in [3.63, 3.8) is 0 Å². The molecule has 0 amide bonds. The summed E-state index contributed by atoms with van der Waals surface area (Å²) in [5.74, 6) is 0. The number of benzene rings is 3. The Hall–Kier alpha value is -2.74. The molecule has 0 aliphatic heterocycles. The van der Waals surface area contributed by atoms with Gasteiger partial charge in [0.2, 0.25) is 0 Å². The number of hydrogen-bond acceptors (Lipinski definition) is 1. The first-order valence-electron chi connectivity index (χ1n) is 6.72. The van der Waals surface area contributed by atoms with Gasteiger partial charge in [0.1, 0.15) is 5.58 Å². The lowest BCUT2D eigenvalue weighted by atomic mass is 10.1. The third-order valence-electron chi connectivity index (χ3n) is 4.02. The Morgan fingerprint density at radius 2 is 1.40 bits per heavy atom. The molecule has 0 spiro atoms. The molecule has 0 atom stereocenters. The Bertz CT molecular complexity index is 1010. The van der Waals surface area contributed by atoms with E-state index in [4.69, 9.17) is 4.42 Å². The standard InChI is InChI=1S/C18H11NO/c1-3-7-15-11(5-1)13-9-10-14-12-6-2-4-8-16(12)20-18(14)17(13)19-15/h1-10,19H. The fraction of sp³-hybridized carbons (Fsp3) is 0. The maximum atomic E-state index is 6.06. The van der Waals surface area contributed by atoms with Gasteiger partial charge < -0.3 is 9.40 Å². The van der Waals surface area contributed by atoms with Crippen LogP contribution in [0.25, 0.3) is 43.7 Å². The zero-order valence-corrected chi connectivity index (χ0v) is 10.7. The van der Waals surface area contributed by atoms with E-state index in [0.29, 0.717) is 0 Å². The van der Waals surface area contributed by atoms with Gasteiger partial charge >= 0.3 is 0 Å². The van der Waals surface area contributed by atoms with Gasteiger partial charge in [-0.1, -0.05) is 42.5 Å². The molecule has 2 heteroatoms. The van der Waals surface area contributed by atoms with Crippen LogP contribution in [0.2, 0.25) is 0 Å². The highest BCUT2D eigenvalue weighted by atomic mass is 16.3. The van der Waals surface area contributed by atoms with Crippen molar-refractivity contribution in [2.24, 2.45) is 0 Å². The largest absolute Gasteiger partial charge is 0.454 e. The van der Waals surface area contributed by atoms with Crippen molar-refractivity contribution in [3.05, 3.63) is 60.7 Å². The fourth-order valence-electron chi connectivity index (χ4n) is 3.10. The lowest BCUT2D eigenvalue weighted by Gasteiger charge is -1.92. The van der Waals surface area contributed by atoms with E-state index < -0.39 is 0 Å². The van der Waals surface area contributed by atoms with Crippen LogP contribution < -0.4 is 0 Å². The summed E-state index contributed by atoms with van der Waals surface area (Å²) in [6.45, 7) is 0. The van der Waals surface area contributed by atoms with E-state index in [-0.39, 0.29) is 0 Å². The fourth-order valence-corrected chi connectivity index (χ4v) is 3.10. The number of rotatable bonds is 0. The lowest BCUT2D eigenvalue weighted by molar-refractivity contribution is 0.672. The van der Waals surface area contributed by atoms with Gasteiger partial charge in [-0.25, -0.2) is 0 Å². The molecule has 0 bridgehead atoms. The van der Waals surface area contributed by atoms with Gasteiger partial charge in [-0.2, -0.15) is 0 Å². The molecule has 0 aliphatic carbocycles. The summed E-state index contributed by atoms with van der Waals surface area (Å²) in [6, 6.07) is 20.9. The summed E-state index contributed by atoms with van der Waals surface area (Å²) in [5.41, 5.74) is 4.11. The van der Waals surface area contributed by atoms with E-state index in [1.807, 2.05) is 24.3 Å². The number of para-hydroxylation sites is 2. The highest BCUT2D eigenvalue weighted by Gasteiger charge is 2.12. The van der Waals surface area contributed by atoms with Crippen molar-refractivity contribution >= 4 is 43.7 Å². The minimum absolute atomic E-state index is 0.939. The molecule has 94 valence electrons. The molecule has 20 heavy (non-hydrogen) atoms. The van der Waals surface area contributed by atoms with Crippen LogP contribution in [-0.2, 0) is 0 Å². The van der Waals surface area contributed by atoms with Crippen LogP contribution in [0.4, 0.5) is 0 Å². The van der Waals surface area contributed by atoms with Gasteiger partial charge in [0.05, 0.1) is 5.52 Å². The van der Waals surface area contributed by atoms with Gasteiger partial charge in [0.15, 0.2) is 5.58 Å².